The predicted octanol–water partition coefficient (Wildman–Crippen LogP) is 2.54. The summed E-state index contributed by atoms with van der Waals surface area (Å²) in [6.45, 7) is 5.92. The fraction of sp³-hybridized carbons (Fsp3) is 0.520. The van der Waals surface area contributed by atoms with E-state index in [0.717, 1.165) is 16.5 Å². The van der Waals surface area contributed by atoms with Crippen molar-refractivity contribution in [3.8, 4) is 22.9 Å². The van der Waals surface area contributed by atoms with E-state index in [-0.39, 0.29) is 91.7 Å². The molecule has 1 aromatic carbocycles. The molecule has 0 fully saturated rings. The molecule has 0 saturated heterocycles. The van der Waals surface area contributed by atoms with Gasteiger partial charge in [-0.05, 0) is 100 Å². The highest BCUT2D eigenvalue weighted by Crippen LogP contribution is 2.43. The first-order valence-electron chi connectivity index (χ1n) is 24.8. The molecule has 392 valence electrons. The number of carbonyl (C=O) groups is 6. The molecule has 5 amide bonds. The van der Waals surface area contributed by atoms with Gasteiger partial charge in [-0.15, -0.1) is 0 Å². The van der Waals surface area contributed by atoms with E-state index >= 15 is 0 Å². The van der Waals surface area contributed by atoms with Gasteiger partial charge in [0.05, 0.1) is 41.1 Å². The maximum absolute atomic E-state index is 13.9. The summed E-state index contributed by atoms with van der Waals surface area (Å²) in [5, 5.41) is 25.8. The Morgan fingerprint density at radius 3 is 2.47 bits per heavy atom. The molecule has 23 heteroatoms. The Hall–Kier alpha value is -6.82. The van der Waals surface area contributed by atoms with E-state index in [1.54, 1.807) is 37.5 Å². The van der Waals surface area contributed by atoms with Crippen molar-refractivity contribution in [3.05, 3.63) is 73.5 Å². The molecule has 0 radical (unpaired) electrons. The number of nitrogens with zero attached hydrogens (tertiary/aromatic N) is 3. The molecular formula is C50H64N10O12S. The van der Waals surface area contributed by atoms with Crippen LogP contribution in [0.25, 0.3) is 22.3 Å². The fourth-order valence-electron chi connectivity index (χ4n) is 9.06. The van der Waals surface area contributed by atoms with Gasteiger partial charge in [-0.3, -0.25) is 28.8 Å². The smallest absolute Gasteiger partial charge is 0.343 e. The first kappa shape index (κ1) is 54.0. The van der Waals surface area contributed by atoms with Crippen LogP contribution in [0.5, 0.6) is 11.5 Å². The highest BCUT2D eigenvalue weighted by molar-refractivity contribution is 7.71. The summed E-state index contributed by atoms with van der Waals surface area (Å²) in [5.74, 6) is -2.16. The Morgan fingerprint density at radius 2 is 1.73 bits per heavy atom. The molecular weight excluding hydrogens is 965 g/mol. The van der Waals surface area contributed by atoms with Gasteiger partial charge >= 0.3 is 5.97 Å². The van der Waals surface area contributed by atoms with E-state index < -0.39 is 41.4 Å². The fourth-order valence-corrected chi connectivity index (χ4v) is 9.17. The van der Waals surface area contributed by atoms with Gasteiger partial charge in [0.25, 0.3) is 11.5 Å². The van der Waals surface area contributed by atoms with E-state index in [2.05, 4.69) is 36.6 Å². The summed E-state index contributed by atoms with van der Waals surface area (Å²) in [4.78, 5) is 103. The van der Waals surface area contributed by atoms with Crippen molar-refractivity contribution in [2.24, 2.45) is 11.7 Å². The number of pyridine rings is 2. The molecule has 4 aromatic rings. The number of rotatable bonds is 26. The molecule has 3 atom stereocenters. The molecule has 3 aliphatic heterocycles. The molecule has 6 heterocycles. The minimum absolute atomic E-state index is 0.0275. The first-order valence-corrected chi connectivity index (χ1v) is 25.2. The highest BCUT2D eigenvalue weighted by Gasteiger charge is 2.45. The second-order valence-corrected chi connectivity index (χ2v) is 19.0. The number of nitrogens with two attached hydrogens (primary N) is 1. The van der Waals surface area contributed by atoms with Crippen molar-refractivity contribution in [3.63, 3.8) is 0 Å². The third-order valence-corrected chi connectivity index (χ3v) is 13.4. The predicted molar refractivity (Wildman–Crippen MR) is 267 cm³/mol. The summed E-state index contributed by atoms with van der Waals surface area (Å²) >= 11 is 4.90. The number of hydrogen-bond donors (Lipinski definition) is 8. The average molecular weight is 1030 g/mol. The average Bonchev–Trinajstić information content (AvgIpc) is 4.00. The van der Waals surface area contributed by atoms with Crippen LogP contribution in [0.4, 0.5) is 0 Å². The maximum Gasteiger partial charge on any atom is 0.343 e. The number of hydrogen-bond acceptors (Lipinski definition) is 16. The van der Waals surface area contributed by atoms with Gasteiger partial charge in [0.15, 0.2) is 21.9 Å². The minimum atomic E-state index is -1.95. The van der Waals surface area contributed by atoms with Gasteiger partial charge in [-0.25, -0.2) is 14.8 Å². The molecule has 3 aliphatic rings. The summed E-state index contributed by atoms with van der Waals surface area (Å²) < 4.78 is 24.2. The topological polar surface area (TPSA) is 309 Å². The summed E-state index contributed by atoms with van der Waals surface area (Å²) in [7, 11) is 0. The number of nitrogens with one attached hydrogen (secondary N) is 6. The second-order valence-electron chi connectivity index (χ2n) is 18.6. The van der Waals surface area contributed by atoms with Crippen LogP contribution in [0.2, 0.25) is 0 Å². The lowest BCUT2D eigenvalue weighted by atomic mass is 9.86. The lowest BCUT2D eigenvalue weighted by Gasteiger charge is -2.31. The summed E-state index contributed by atoms with van der Waals surface area (Å²) in [5.41, 5.74) is 7.72. The van der Waals surface area contributed by atoms with E-state index in [9.17, 15) is 38.7 Å². The van der Waals surface area contributed by atoms with Gasteiger partial charge in [-0.1, -0.05) is 27.2 Å². The summed E-state index contributed by atoms with van der Waals surface area (Å²) in [6.07, 6.45) is 8.16. The number of amides is 5. The lowest BCUT2D eigenvalue weighted by molar-refractivity contribution is -0.172. The number of carbonyl (C=O) groups excluding carboxylic acids is 6. The van der Waals surface area contributed by atoms with Crippen molar-refractivity contribution >= 4 is 58.6 Å². The molecule has 0 bridgehead atoms. The number of esters is 1. The summed E-state index contributed by atoms with van der Waals surface area (Å²) in [6, 6.07) is 3.48. The zero-order chi connectivity index (χ0) is 52.2. The molecule has 22 nitrogen and oxygen atoms in total. The van der Waals surface area contributed by atoms with Crippen molar-refractivity contribution in [1.82, 2.24) is 46.1 Å². The van der Waals surface area contributed by atoms with E-state index in [1.807, 2.05) is 6.07 Å². The third-order valence-electron chi connectivity index (χ3n) is 13.2. The molecule has 9 N–H and O–H groups in total. The van der Waals surface area contributed by atoms with Gasteiger partial charge < -0.3 is 65.9 Å². The number of unbranched alkanes of at least 4 members (excludes halogenated alkanes) is 4. The SMILES string of the molecule is CC[C@]1(O)C(=O)OCc2c1cc1n(c2=O)Cc2c-1nc1cc3c(cc1c2CCCCOCNC(=O)CNC(=O)[C@H](CCCCN)NC(=O)[C@@H](NC(=O)CCCCCNC(=O)c1cnc(=S)[nH]c1)C(C)C)OCO3. The normalized spacial score (nSPS) is 15.9. The zero-order valence-electron chi connectivity index (χ0n) is 41.3. The third kappa shape index (κ3) is 12.9. The van der Waals surface area contributed by atoms with Crippen LogP contribution in [-0.2, 0) is 58.6 Å². The Morgan fingerprint density at radius 1 is 0.932 bits per heavy atom. The van der Waals surface area contributed by atoms with Crippen molar-refractivity contribution in [2.75, 3.05) is 39.8 Å². The van der Waals surface area contributed by atoms with Crippen LogP contribution in [0.3, 0.4) is 0 Å². The number of aliphatic hydroxyl groups is 1. The molecule has 73 heavy (non-hydrogen) atoms. The molecule has 0 aliphatic carbocycles. The van der Waals surface area contributed by atoms with Crippen LogP contribution in [0.1, 0.15) is 118 Å². The first-order chi connectivity index (χ1) is 35.1. The lowest BCUT2D eigenvalue weighted by Crippen LogP contribution is -2.56. The van der Waals surface area contributed by atoms with Crippen LogP contribution in [-0.4, -0.2) is 112 Å². The molecule has 7 rings (SSSR count). The Kier molecular flexibility index (Phi) is 18.3. The van der Waals surface area contributed by atoms with Crippen LogP contribution >= 0.6 is 12.2 Å². The number of ether oxygens (including phenoxy) is 4. The number of fused-ring (bicyclic) bond motifs is 6. The van der Waals surface area contributed by atoms with E-state index in [0.29, 0.717) is 105 Å². The Balaban J connectivity index is 0.859. The van der Waals surface area contributed by atoms with Crippen molar-refractivity contribution < 1.29 is 52.8 Å². The van der Waals surface area contributed by atoms with Gasteiger partial charge in [0.2, 0.25) is 30.4 Å². The quantitative estimate of drug-likeness (QED) is 0.0171. The van der Waals surface area contributed by atoms with Crippen molar-refractivity contribution in [2.45, 2.75) is 122 Å². The van der Waals surface area contributed by atoms with Crippen LogP contribution in [0.15, 0.2) is 35.4 Å². The maximum atomic E-state index is 13.9. The Labute approximate surface area is 426 Å². The molecule has 0 saturated carbocycles. The number of H-pyrrole nitrogens is 1. The van der Waals surface area contributed by atoms with Gasteiger partial charge in [-0.2, -0.15) is 0 Å². The zero-order valence-corrected chi connectivity index (χ0v) is 42.1. The number of cyclic esters (lactones) is 1. The Bertz CT molecular complexity index is 2830. The largest absolute Gasteiger partial charge is 0.458 e. The number of aromatic nitrogens is 4. The van der Waals surface area contributed by atoms with Crippen molar-refractivity contribution in [1.29, 1.82) is 0 Å². The standard InChI is InChI=1S/C50H64N10O12S/c1-4-50(68)34-19-37-43-32(24-60(37)47(66)33(34)25-70-48(50)67)30(31-18-38-39(72-27-71-38)20-36(31)57-43)12-8-11-17-69-26-56-41(62)23-53-45(64)35(13-7-9-15-51)58-46(65)42(28(2)3)59-40(61)14-6-5-10-16-52-44(63)29-21-54-49(73)55-22-29/h18-22,28,35,42,68H,4-17,23-27,51H2,1-3H3,(H,52,63)(H,53,64)(H,56,62)(H,58,65)(H,59,61)(H,54,55,73)/t35-,42-,50+/m0/s1. The van der Waals surface area contributed by atoms with Gasteiger partial charge in [0.1, 0.15) is 25.4 Å². The molecule has 0 unspecified atom stereocenters. The van der Waals surface area contributed by atoms with Crippen LogP contribution < -0.4 is 47.4 Å². The number of aryl methyl sites for hydroxylation is 1. The molecule has 0 spiro atoms. The van der Waals surface area contributed by atoms with Gasteiger partial charge in [0, 0.05) is 54.5 Å². The van der Waals surface area contributed by atoms with E-state index in [1.165, 1.54) is 12.4 Å². The second kappa shape index (κ2) is 24.7. The number of aromatic amines is 1. The number of benzene rings is 1. The highest BCUT2D eigenvalue weighted by atomic mass is 32.1. The molecule has 3 aromatic heterocycles. The van der Waals surface area contributed by atoms with Crippen LogP contribution in [0, 0.1) is 10.7 Å². The van der Waals surface area contributed by atoms with E-state index in [4.69, 9.17) is 41.9 Å². The monoisotopic (exact) mass is 1030 g/mol. The minimum Gasteiger partial charge on any atom is -0.458 e.